The van der Waals surface area contributed by atoms with Crippen LogP contribution in [0.2, 0.25) is 0 Å². The number of aromatic nitrogens is 2. The summed E-state index contributed by atoms with van der Waals surface area (Å²) in [5.74, 6) is 0.968. The van der Waals surface area contributed by atoms with E-state index in [-0.39, 0.29) is 17.4 Å². The number of rotatable bonds is 4. The normalized spacial score (nSPS) is 14.5. The van der Waals surface area contributed by atoms with Gasteiger partial charge >= 0.3 is 0 Å². The molecule has 0 bridgehead atoms. The molecule has 1 fully saturated rings. The number of hydrogen-bond acceptors (Lipinski definition) is 5. The van der Waals surface area contributed by atoms with E-state index >= 15 is 0 Å². The first-order chi connectivity index (χ1) is 12.5. The van der Waals surface area contributed by atoms with E-state index in [9.17, 15) is 9.59 Å². The van der Waals surface area contributed by atoms with Gasteiger partial charge in [-0.25, -0.2) is 4.68 Å². The van der Waals surface area contributed by atoms with Crippen LogP contribution in [0, 0.1) is 12.8 Å². The first-order valence-corrected chi connectivity index (χ1v) is 8.46. The zero-order chi connectivity index (χ0) is 18.3. The summed E-state index contributed by atoms with van der Waals surface area (Å²) in [6, 6.07) is 10.5. The molecule has 1 aliphatic rings. The Bertz CT molecular complexity index is 1030. The van der Waals surface area contributed by atoms with Crippen LogP contribution in [0.15, 0.2) is 45.6 Å². The molecule has 2 aromatic heterocycles. The lowest BCUT2D eigenvalue weighted by Gasteiger charge is -2.38. The number of para-hydroxylation sites is 1. The Labute approximate surface area is 149 Å². The Morgan fingerprint density at radius 2 is 2.12 bits per heavy atom. The van der Waals surface area contributed by atoms with Crippen LogP contribution in [-0.2, 0) is 6.54 Å². The molecule has 0 N–H and O–H groups in total. The van der Waals surface area contributed by atoms with Crippen molar-refractivity contribution in [3.63, 3.8) is 0 Å². The molecular weight excluding hydrogens is 334 g/mol. The molecule has 1 aliphatic heterocycles. The zero-order valence-corrected chi connectivity index (χ0v) is 14.6. The van der Waals surface area contributed by atoms with Gasteiger partial charge in [0.25, 0.3) is 11.5 Å². The number of methoxy groups -OCH3 is 1. The number of ether oxygens (including phenoxy) is 1. The summed E-state index contributed by atoms with van der Waals surface area (Å²) in [4.78, 5) is 26.2. The smallest absolute Gasteiger partial charge is 0.289 e. The van der Waals surface area contributed by atoms with Gasteiger partial charge in [0.05, 0.1) is 19.3 Å². The molecule has 0 saturated carbocycles. The molecule has 0 aliphatic carbocycles. The van der Waals surface area contributed by atoms with Crippen molar-refractivity contribution in [1.29, 1.82) is 0 Å². The van der Waals surface area contributed by atoms with E-state index in [0.29, 0.717) is 36.7 Å². The van der Waals surface area contributed by atoms with Gasteiger partial charge in [0.2, 0.25) is 0 Å². The number of amides is 1. The molecule has 1 saturated heterocycles. The maximum Gasteiger partial charge on any atom is 0.289 e. The molecule has 134 valence electrons. The molecular formula is C19H19N3O4. The van der Waals surface area contributed by atoms with Gasteiger partial charge in [0.15, 0.2) is 17.1 Å². The lowest BCUT2D eigenvalue weighted by molar-refractivity contribution is 0.0429. The van der Waals surface area contributed by atoms with Crippen molar-refractivity contribution in [1.82, 2.24) is 14.7 Å². The fourth-order valence-electron chi connectivity index (χ4n) is 3.24. The highest BCUT2D eigenvalue weighted by Crippen LogP contribution is 2.30. The van der Waals surface area contributed by atoms with Crippen molar-refractivity contribution in [3.8, 4) is 5.75 Å². The molecule has 0 spiro atoms. The van der Waals surface area contributed by atoms with Crippen molar-refractivity contribution in [2.24, 2.45) is 5.92 Å². The number of furan rings is 1. The van der Waals surface area contributed by atoms with Crippen LogP contribution in [0.5, 0.6) is 5.75 Å². The maximum absolute atomic E-state index is 12.6. The van der Waals surface area contributed by atoms with Gasteiger partial charge in [0, 0.05) is 30.5 Å². The Balaban J connectivity index is 1.45. The average Bonchev–Trinajstić information content (AvgIpc) is 3.04. The van der Waals surface area contributed by atoms with Crippen molar-refractivity contribution < 1.29 is 13.9 Å². The predicted octanol–water partition coefficient (Wildman–Crippen LogP) is 2.08. The van der Waals surface area contributed by atoms with E-state index in [1.54, 1.807) is 30.2 Å². The minimum absolute atomic E-state index is 0.121. The van der Waals surface area contributed by atoms with Crippen LogP contribution in [0.25, 0.3) is 11.0 Å². The van der Waals surface area contributed by atoms with E-state index in [4.69, 9.17) is 9.15 Å². The molecule has 0 unspecified atom stereocenters. The molecule has 7 heteroatoms. The van der Waals surface area contributed by atoms with Crippen LogP contribution in [0.4, 0.5) is 0 Å². The van der Waals surface area contributed by atoms with E-state index in [0.717, 1.165) is 11.1 Å². The topological polar surface area (TPSA) is 77.6 Å². The van der Waals surface area contributed by atoms with Gasteiger partial charge < -0.3 is 14.1 Å². The number of benzene rings is 1. The summed E-state index contributed by atoms with van der Waals surface area (Å²) in [6.45, 7) is 3.52. The number of nitrogens with zero attached hydrogens (tertiary/aromatic N) is 3. The Kier molecular flexibility index (Phi) is 3.99. The second-order valence-electron chi connectivity index (χ2n) is 6.56. The summed E-state index contributed by atoms with van der Waals surface area (Å²) in [7, 11) is 1.57. The van der Waals surface area contributed by atoms with E-state index in [1.165, 1.54) is 10.7 Å². The molecule has 7 nitrogen and oxygen atoms in total. The highest BCUT2D eigenvalue weighted by molar-refractivity contribution is 5.97. The quantitative estimate of drug-likeness (QED) is 0.718. The van der Waals surface area contributed by atoms with Crippen LogP contribution < -0.4 is 10.3 Å². The Morgan fingerprint density at radius 1 is 1.31 bits per heavy atom. The number of carbonyl (C=O) groups is 1. The monoisotopic (exact) mass is 353 g/mol. The maximum atomic E-state index is 12.6. The van der Waals surface area contributed by atoms with Gasteiger partial charge in [-0.3, -0.25) is 9.59 Å². The first kappa shape index (κ1) is 16.4. The number of aryl methyl sites for hydroxylation is 1. The average molecular weight is 353 g/mol. The third-order valence-electron chi connectivity index (χ3n) is 4.61. The van der Waals surface area contributed by atoms with Crippen molar-refractivity contribution >= 4 is 16.9 Å². The highest BCUT2D eigenvalue weighted by Gasteiger charge is 2.33. The molecule has 1 amide bonds. The van der Waals surface area contributed by atoms with E-state index < -0.39 is 0 Å². The van der Waals surface area contributed by atoms with Gasteiger partial charge in [-0.15, -0.1) is 0 Å². The van der Waals surface area contributed by atoms with Gasteiger partial charge in [-0.2, -0.15) is 5.10 Å². The molecule has 0 atom stereocenters. The largest absolute Gasteiger partial charge is 0.493 e. The minimum Gasteiger partial charge on any atom is -0.493 e. The molecule has 3 heterocycles. The van der Waals surface area contributed by atoms with Gasteiger partial charge in [-0.05, 0) is 25.1 Å². The Hall–Kier alpha value is -3.09. The molecule has 26 heavy (non-hydrogen) atoms. The van der Waals surface area contributed by atoms with Crippen molar-refractivity contribution in [2.45, 2.75) is 13.5 Å². The number of fused-ring (bicyclic) bond motifs is 1. The van der Waals surface area contributed by atoms with Gasteiger partial charge in [0.1, 0.15) is 0 Å². The van der Waals surface area contributed by atoms with Gasteiger partial charge in [-0.1, -0.05) is 12.1 Å². The molecule has 1 aromatic carbocycles. The van der Waals surface area contributed by atoms with Crippen molar-refractivity contribution in [2.75, 3.05) is 20.2 Å². The standard InChI is InChI=1S/C19H19N3O4/c1-12-6-7-17(23)22(20-12)11-13-9-21(10-13)19(24)16-8-14-4-3-5-15(25-2)18(14)26-16/h3-8,13H,9-11H2,1-2H3. The van der Waals surface area contributed by atoms with E-state index in [1.807, 2.05) is 19.1 Å². The lowest BCUT2D eigenvalue weighted by atomic mass is 10.00. The van der Waals surface area contributed by atoms with Crippen LogP contribution in [-0.4, -0.2) is 40.8 Å². The summed E-state index contributed by atoms with van der Waals surface area (Å²) in [6.07, 6.45) is 0. The fraction of sp³-hybridized carbons (Fsp3) is 0.316. The highest BCUT2D eigenvalue weighted by atomic mass is 16.5. The fourth-order valence-corrected chi connectivity index (χ4v) is 3.24. The predicted molar refractivity (Wildman–Crippen MR) is 95.4 cm³/mol. The van der Waals surface area contributed by atoms with Crippen molar-refractivity contribution in [3.05, 3.63) is 58.2 Å². The van der Waals surface area contributed by atoms with Crippen LogP contribution in [0.1, 0.15) is 16.2 Å². The Morgan fingerprint density at radius 3 is 2.88 bits per heavy atom. The molecule has 3 aromatic rings. The molecule has 4 rings (SSSR count). The third kappa shape index (κ3) is 2.85. The summed E-state index contributed by atoms with van der Waals surface area (Å²) >= 11 is 0. The summed E-state index contributed by atoms with van der Waals surface area (Å²) < 4.78 is 12.4. The lowest BCUT2D eigenvalue weighted by Crippen LogP contribution is -2.52. The zero-order valence-electron chi connectivity index (χ0n) is 14.6. The third-order valence-corrected chi connectivity index (χ3v) is 4.61. The second-order valence-corrected chi connectivity index (χ2v) is 6.56. The number of likely N-dealkylation sites (tertiary alicyclic amines) is 1. The van der Waals surface area contributed by atoms with Crippen LogP contribution in [0.3, 0.4) is 0 Å². The summed E-state index contributed by atoms with van der Waals surface area (Å²) in [5.41, 5.74) is 1.25. The first-order valence-electron chi connectivity index (χ1n) is 8.46. The summed E-state index contributed by atoms with van der Waals surface area (Å²) in [5, 5.41) is 5.07. The SMILES string of the molecule is COc1cccc2cc(C(=O)N3CC(Cn4nc(C)ccc4=O)C3)oc12. The number of hydrogen-bond donors (Lipinski definition) is 0. The van der Waals surface area contributed by atoms with Crippen LogP contribution >= 0.6 is 0 Å². The minimum atomic E-state index is -0.149. The van der Waals surface area contributed by atoms with E-state index in [2.05, 4.69) is 5.10 Å². The second kappa shape index (κ2) is 6.33. The molecule has 0 radical (unpaired) electrons. The number of carbonyl (C=O) groups excluding carboxylic acids is 1.